The number of hydrogen-bond donors (Lipinski definition) is 2. The summed E-state index contributed by atoms with van der Waals surface area (Å²) in [7, 11) is 0. The highest BCUT2D eigenvalue weighted by molar-refractivity contribution is 8.01. The Kier molecular flexibility index (Phi) is 6.15. The Hall–Kier alpha value is -1.37. The molecule has 144 valence electrons. The predicted octanol–water partition coefficient (Wildman–Crippen LogP) is 4.46. The second-order valence-corrected chi connectivity index (χ2v) is 10.0. The summed E-state index contributed by atoms with van der Waals surface area (Å²) in [5.74, 6) is 0.181. The highest BCUT2D eigenvalue weighted by Crippen LogP contribution is 2.35. The molecule has 2 aliphatic rings. The lowest BCUT2D eigenvalue weighted by atomic mass is 9.94. The molecule has 0 radical (unpaired) electrons. The summed E-state index contributed by atoms with van der Waals surface area (Å²) in [5.41, 5.74) is 2.39. The van der Waals surface area contributed by atoms with E-state index in [9.17, 15) is 4.79 Å². The number of aromatic nitrogens is 1. The average molecular weight is 402 g/mol. The largest absolute Gasteiger partial charge is 0.352 e. The van der Waals surface area contributed by atoms with Gasteiger partial charge in [0.1, 0.15) is 4.34 Å². The van der Waals surface area contributed by atoms with Crippen molar-refractivity contribution in [2.24, 2.45) is 0 Å². The molecule has 27 heavy (non-hydrogen) atoms. The molecule has 1 aliphatic heterocycles. The van der Waals surface area contributed by atoms with Crippen LogP contribution in [0, 0.1) is 6.92 Å². The first-order valence-electron chi connectivity index (χ1n) is 9.87. The molecule has 0 unspecified atom stereocenters. The van der Waals surface area contributed by atoms with Crippen LogP contribution in [-0.2, 0) is 4.79 Å². The molecule has 4 rings (SSSR count). The van der Waals surface area contributed by atoms with Gasteiger partial charge in [0, 0.05) is 28.4 Å². The van der Waals surface area contributed by atoms with Crippen LogP contribution in [-0.4, -0.2) is 28.2 Å². The summed E-state index contributed by atoms with van der Waals surface area (Å²) < 4.78 is 1.18. The van der Waals surface area contributed by atoms with Gasteiger partial charge in [0.05, 0.1) is 6.04 Å². The van der Waals surface area contributed by atoms with E-state index in [0.29, 0.717) is 17.3 Å². The maximum absolute atomic E-state index is 12.7. The number of nitrogens with zero attached hydrogens (tertiary/aromatic N) is 1. The van der Waals surface area contributed by atoms with Crippen LogP contribution in [0.5, 0.6) is 0 Å². The molecule has 1 aromatic heterocycles. The smallest absolute Gasteiger partial charge is 0.237 e. The van der Waals surface area contributed by atoms with Crippen LogP contribution < -0.4 is 10.6 Å². The maximum atomic E-state index is 12.7. The Morgan fingerprint density at radius 1 is 1.15 bits per heavy atom. The van der Waals surface area contributed by atoms with Crippen LogP contribution >= 0.6 is 23.1 Å². The molecule has 2 heterocycles. The van der Waals surface area contributed by atoms with Gasteiger partial charge in [-0.3, -0.25) is 10.1 Å². The number of amides is 1. The first kappa shape index (κ1) is 19.0. The normalized spacial score (nSPS) is 28.2. The number of thioether (sulfide) groups is 1. The van der Waals surface area contributed by atoms with Crippen molar-refractivity contribution in [1.29, 1.82) is 0 Å². The summed E-state index contributed by atoms with van der Waals surface area (Å²) in [4.78, 5) is 17.2. The van der Waals surface area contributed by atoms with Crippen LogP contribution in [0.2, 0.25) is 0 Å². The highest BCUT2D eigenvalue weighted by Gasteiger charge is 2.32. The van der Waals surface area contributed by atoms with Crippen LogP contribution in [0.15, 0.2) is 40.1 Å². The van der Waals surface area contributed by atoms with Crippen molar-refractivity contribution in [3.8, 4) is 0 Å². The van der Waals surface area contributed by atoms with E-state index in [0.717, 1.165) is 44.2 Å². The summed E-state index contributed by atoms with van der Waals surface area (Å²) >= 11 is 3.66. The number of nitrogens with one attached hydrogen (secondary N) is 2. The lowest BCUT2D eigenvalue weighted by Crippen LogP contribution is -2.46. The molecular weight excluding hydrogens is 374 g/mol. The fourth-order valence-electron chi connectivity index (χ4n) is 4.05. The lowest BCUT2D eigenvalue weighted by molar-refractivity contribution is -0.123. The van der Waals surface area contributed by atoms with Gasteiger partial charge < -0.3 is 5.32 Å². The highest BCUT2D eigenvalue weighted by atomic mass is 32.2. The zero-order valence-corrected chi connectivity index (χ0v) is 17.3. The molecule has 2 atom stereocenters. The predicted molar refractivity (Wildman–Crippen MR) is 112 cm³/mol. The zero-order valence-electron chi connectivity index (χ0n) is 15.7. The third-order valence-electron chi connectivity index (χ3n) is 5.55. The van der Waals surface area contributed by atoms with Crippen molar-refractivity contribution in [3.05, 3.63) is 47.0 Å². The number of thiazole rings is 1. The molecule has 2 N–H and O–H groups in total. The van der Waals surface area contributed by atoms with Gasteiger partial charge in [0.25, 0.3) is 0 Å². The van der Waals surface area contributed by atoms with Crippen molar-refractivity contribution >= 4 is 29.0 Å². The summed E-state index contributed by atoms with van der Waals surface area (Å²) in [6.07, 6.45) is 6.39. The van der Waals surface area contributed by atoms with E-state index < -0.39 is 0 Å². The van der Waals surface area contributed by atoms with E-state index in [-0.39, 0.29) is 11.9 Å². The van der Waals surface area contributed by atoms with Gasteiger partial charge in [-0.15, -0.1) is 11.3 Å². The van der Waals surface area contributed by atoms with Gasteiger partial charge >= 0.3 is 0 Å². The molecule has 2 aromatic rings. The molecule has 1 saturated heterocycles. The van der Waals surface area contributed by atoms with E-state index in [1.165, 1.54) is 9.90 Å². The minimum Gasteiger partial charge on any atom is -0.352 e. The minimum absolute atomic E-state index is 0.0550. The van der Waals surface area contributed by atoms with Gasteiger partial charge in [0.2, 0.25) is 5.91 Å². The van der Waals surface area contributed by atoms with Gasteiger partial charge in [0.15, 0.2) is 0 Å². The van der Waals surface area contributed by atoms with E-state index in [1.54, 1.807) is 11.3 Å². The summed E-state index contributed by atoms with van der Waals surface area (Å²) in [6.45, 7) is 2.05. The molecule has 1 saturated carbocycles. The number of aryl methyl sites for hydroxylation is 1. The minimum atomic E-state index is -0.0550. The van der Waals surface area contributed by atoms with Crippen molar-refractivity contribution in [2.45, 2.75) is 73.2 Å². The first-order chi connectivity index (χ1) is 13.2. The fraction of sp³-hybridized carbons (Fsp3) is 0.524. The Labute approximate surface area is 169 Å². The summed E-state index contributed by atoms with van der Waals surface area (Å²) in [5, 5.41) is 9.57. The van der Waals surface area contributed by atoms with Gasteiger partial charge in [-0.1, -0.05) is 42.1 Å². The lowest BCUT2D eigenvalue weighted by Gasteiger charge is -2.29. The molecule has 1 aromatic carbocycles. The Balaban J connectivity index is 1.22. The topological polar surface area (TPSA) is 54.0 Å². The second-order valence-electron chi connectivity index (χ2n) is 7.61. The van der Waals surface area contributed by atoms with Crippen LogP contribution in [0.4, 0.5) is 0 Å². The molecule has 2 fully saturated rings. The first-order valence-corrected chi connectivity index (χ1v) is 11.6. The second kappa shape index (κ2) is 8.76. The van der Waals surface area contributed by atoms with Crippen molar-refractivity contribution in [3.63, 3.8) is 0 Å². The molecule has 4 nitrogen and oxygen atoms in total. The molecule has 0 bridgehead atoms. The van der Waals surface area contributed by atoms with Crippen molar-refractivity contribution < 1.29 is 4.79 Å². The Morgan fingerprint density at radius 2 is 1.93 bits per heavy atom. The van der Waals surface area contributed by atoms with Gasteiger partial charge in [-0.25, -0.2) is 4.98 Å². The third kappa shape index (κ3) is 4.92. The van der Waals surface area contributed by atoms with Crippen LogP contribution in [0.3, 0.4) is 0 Å². The van der Waals surface area contributed by atoms with E-state index in [1.807, 2.05) is 24.8 Å². The average Bonchev–Trinajstić information content (AvgIpc) is 3.33. The SMILES string of the molecule is Cc1csc(SC2CCC(NC(=O)[C@H]3CC[C@H](c4ccccc4)N3)CC2)n1. The quantitative estimate of drug-likeness (QED) is 0.776. The zero-order chi connectivity index (χ0) is 18.6. The van der Waals surface area contributed by atoms with Crippen LogP contribution in [0.1, 0.15) is 55.8 Å². The van der Waals surface area contributed by atoms with Crippen molar-refractivity contribution in [2.75, 3.05) is 0 Å². The number of hydrogen-bond acceptors (Lipinski definition) is 5. The standard InChI is InChI=1S/C21H27N3OS2/c1-14-13-26-21(22-14)27-17-9-7-16(8-10-17)23-20(25)19-12-11-18(24-19)15-5-3-2-4-6-15/h2-6,13,16-19,24H,7-12H2,1H3,(H,23,25)/t16?,17?,18-,19-/m1/s1. The van der Waals surface area contributed by atoms with E-state index in [2.05, 4.69) is 45.3 Å². The van der Waals surface area contributed by atoms with E-state index in [4.69, 9.17) is 0 Å². The van der Waals surface area contributed by atoms with Gasteiger partial charge in [-0.05, 0) is 51.0 Å². The number of benzene rings is 1. The summed E-state index contributed by atoms with van der Waals surface area (Å²) in [6, 6.07) is 11.0. The third-order valence-corrected chi connectivity index (χ3v) is 7.98. The van der Waals surface area contributed by atoms with Crippen molar-refractivity contribution in [1.82, 2.24) is 15.6 Å². The maximum Gasteiger partial charge on any atom is 0.237 e. The number of carbonyl (C=O) groups excluding carboxylic acids is 1. The molecular formula is C21H27N3OS2. The monoisotopic (exact) mass is 401 g/mol. The molecule has 6 heteroatoms. The van der Waals surface area contributed by atoms with E-state index >= 15 is 0 Å². The fourth-order valence-corrected chi connectivity index (χ4v) is 6.34. The Morgan fingerprint density at radius 3 is 2.63 bits per heavy atom. The number of rotatable bonds is 5. The Bertz CT molecular complexity index is 756. The van der Waals surface area contributed by atoms with Crippen LogP contribution in [0.25, 0.3) is 0 Å². The molecule has 1 amide bonds. The molecule has 0 spiro atoms. The molecule has 1 aliphatic carbocycles. The van der Waals surface area contributed by atoms with Gasteiger partial charge in [-0.2, -0.15) is 0 Å². The number of carbonyl (C=O) groups is 1.